The molecule has 0 radical (unpaired) electrons. The van der Waals surface area contributed by atoms with E-state index in [0.717, 1.165) is 24.8 Å². The van der Waals surface area contributed by atoms with Crippen LogP contribution in [0.3, 0.4) is 0 Å². The van der Waals surface area contributed by atoms with E-state index in [1.54, 1.807) is 6.92 Å². The number of ether oxygens (including phenoxy) is 2. The van der Waals surface area contributed by atoms with Gasteiger partial charge in [-0.25, -0.2) is 9.59 Å². The molecule has 2 amide bonds. The molecule has 1 aromatic carbocycles. The van der Waals surface area contributed by atoms with E-state index in [9.17, 15) is 9.59 Å². The van der Waals surface area contributed by atoms with Crippen LogP contribution < -0.4 is 15.4 Å². The molecule has 1 aliphatic heterocycles. The summed E-state index contributed by atoms with van der Waals surface area (Å²) >= 11 is 0. The van der Waals surface area contributed by atoms with Crippen LogP contribution in [0.5, 0.6) is 5.75 Å². The summed E-state index contributed by atoms with van der Waals surface area (Å²) in [7, 11) is 0. The fraction of sp³-hybridized carbons (Fsp3) is 0.545. The third-order valence-electron chi connectivity index (χ3n) is 5.36. The zero-order valence-corrected chi connectivity index (χ0v) is 16.8. The molecule has 1 fully saturated rings. The van der Waals surface area contributed by atoms with E-state index in [-0.39, 0.29) is 12.0 Å². The molecule has 3 rings (SSSR count). The SMILES string of the molecule is CCCOc1ccccc1[C@@H]1NC(=O)NC(C)=C1C(=O)OCC1CCCCC1. The van der Waals surface area contributed by atoms with Gasteiger partial charge in [-0.1, -0.05) is 44.4 Å². The molecule has 6 nitrogen and oxygen atoms in total. The van der Waals surface area contributed by atoms with Crippen LogP contribution >= 0.6 is 0 Å². The molecule has 0 unspecified atom stereocenters. The fourth-order valence-electron chi connectivity index (χ4n) is 3.89. The highest BCUT2D eigenvalue weighted by molar-refractivity contribution is 5.95. The van der Waals surface area contributed by atoms with Crippen molar-refractivity contribution < 1.29 is 19.1 Å². The largest absolute Gasteiger partial charge is 0.493 e. The van der Waals surface area contributed by atoms with Gasteiger partial charge in [0.05, 0.1) is 24.8 Å². The summed E-state index contributed by atoms with van der Waals surface area (Å²) < 4.78 is 11.5. The molecule has 0 saturated heterocycles. The number of rotatable bonds is 7. The molecule has 1 heterocycles. The average Bonchev–Trinajstić information content (AvgIpc) is 2.71. The van der Waals surface area contributed by atoms with Gasteiger partial charge in [-0.3, -0.25) is 0 Å². The van der Waals surface area contributed by atoms with Crippen molar-refractivity contribution in [1.82, 2.24) is 10.6 Å². The van der Waals surface area contributed by atoms with Crippen molar-refractivity contribution in [2.75, 3.05) is 13.2 Å². The van der Waals surface area contributed by atoms with Crippen LogP contribution in [-0.4, -0.2) is 25.2 Å². The Labute approximate surface area is 166 Å². The van der Waals surface area contributed by atoms with E-state index >= 15 is 0 Å². The first-order chi connectivity index (χ1) is 13.6. The Hall–Kier alpha value is -2.50. The van der Waals surface area contributed by atoms with Crippen molar-refractivity contribution in [3.8, 4) is 5.75 Å². The normalized spacial score (nSPS) is 20.4. The van der Waals surface area contributed by atoms with Gasteiger partial charge < -0.3 is 20.1 Å². The molecular formula is C22H30N2O4. The van der Waals surface area contributed by atoms with Gasteiger partial charge in [0.2, 0.25) is 0 Å². The number of allylic oxidation sites excluding steroid dienone is 1. The fourth-order valence-corrected chi connectivity index (χ4v) is 3.89. The number of nitrogens with one attached hydrogen (secondary N) is 2. The van der Waals surface area contributed by atoms with Crippen LogP contribution in [0, 0.1) is 5.92 Å². The Morgan fingerprint density at radius 1 is 1.18 bits per heavy atom. The number of para-hydroxylation sites is 1. The number of esters is 1. The van der Waals surface area contributed by atoms with Crippen molar-refractivity contribution in [3.05, 3.63) is 41.1 Å². The van der Waals surface area contributed by atoms with E-state index < -0.39 is 6.04 Å². The minimum absolute atomic E-state index is 0.336. The van der Waals surface area contributed by atoms with Gasteiger partial charge in [0.25, 0.3) is 0 Å². The third-order valence-corrected chi connectivity index (χ3v) is 5.36. The summed E-state index contributed by atoms with van der Waals surface area (Å²) in [5, 5.41) is 5.56. The van der Waals surface area contributed by atoms with E-state index in [4.69, 9.17) is 9.47 Å². The van der Waals surface area contributed by atoms with E-state index in [1.165, 1.54) is 19.3 Å². The van der Waals surface area contributed by atoms with Crippen molar-refractivity contribution in [2.45, 2.75) is 58.4 Å². The average molecular weight is 386 g/mol. The minimum atomic E-state index is -0.597. The number of carbonyl (C=O) groups is 2. The topological polar surface area (TPSA) is 76.7 Å². The first-order valence-electron chi connectivity index (χ1n) is 10.3. The molecule has 0 bridgehead atoms. The number of urea groups is 1. The number of hydrogen-bond donors (Lipinski definition) is 2. The van der Waals surface area contributed by atoms with Crippen molar-refractivity contribution in [1.29, 1.82) is 0 Å². The molecule has 152 valence electrons. The number of carbonyl (C=O) groups excluding carboxylic acids is 2. The molecule has 2 N–H and O–H groups in total. The lowest BCUT2D eigenvalue weighted by molar-refractivity contribution is -0.141. The molecule has 28 heavy (non-hydrogen) atoms. The van der Waals surface area contributed by atoms with Crippen LogP contribution in [0.15, 0.2) is 35.5 Å². The first-order valence-corrected chi connectivity index (χ1v) is 10.3. The monoisotopic (exact) mass is 386 g/mol. The molecule has 2 aliphatic rings. The lowest BCUT2D eigenvalue weighted by Gasteiger charge is -2.30. The van der Waals surface area contributed by atoms with E-state index in [0.29, 0.717) is 36.2 Å². The Morgan fingerprint density at radius 2 is 1.93 bits per heavy atom. The van der Waals surface area contributed by atoms with Crippen LogP contribution in [-0.2, 0) is 9.53 Å². The van der Waals surface area contributed by atoms with Crippen molar-refractivity contribution in [3.63, 3.8) is 0 Å². The summed E-state index contributed by atoms with van der Waals surface area (Å²) in [5.74, 6) is 0.719. The van der Waals surface area contributed by atoms with Crippen molar-refractivity contribution >= 4 is 12.0 Å². The highest BCUT2D eigenvalue weighted by Crippen LogP contribution is 2.34. The van der Waals surface area contributed by atoms with E-state index in [2.05, 4.69) is 10.6 Å². The predicted octanol–water partition coefficient (Wildman–Crippen LogP) is 4.23. The highest BCUT2D eigenvalue weighted by atomic mass is 16.5. The van der Waals surface area contributed by atoms with E-state index in [1.807, 2.05) is 31.2 Å². The first kappa shape index (κ1) is 20.2. The zero-order chi connectivity index (χ0) is 19.9. The van der Waals surface area contributed by atoms with Gasteiger partial charge in [0.15, 0.2) is 0 Å². The van der Waals surface area contributed by atoms with Gasteiger partial charge in [0, 0.05) is 11.3 Å². The second-order valence-corrected chi connectivity index (χ2v) is 7.56. The molecule has 0 spiro atoms. The molecule has 1 aromatic rings. The molecule has 0 aromatic heterocycles. The second-order valence-electron chi connectivity index (χ2n) is 7.56. The number of benzene rings is 1. The van der Waals surface area contributed by atoms with Gasteiger partial charge in [-0.15, -0.1) is 0 Å². The summed E-state index contributed by atoms with van der Waals surface area (Å²) in [6.07, 6.45) is 6.76. The molecule has 6 heteroatoms. The molecule has 1 atom stereocenters. The number of hydrogen-bond acceptors (Lipinski definition) is 4. The Kier molecular flexibility index (Phi) is 6.95. The van der Waals surface area contributed by atoms with Gasteiger partial charge >= 0.3 is 12.0 Å². The quantitative estimate of drug-likeness (QED) is 0.688. The van der Waals surface area contributed by atoms with Gasteiger partial charge in [0.1, 0.15) is 5.75 Å². The maximum absolute atomic E-state index is 13.0. The van der Waals surface area contributed by atoms with Crippen LogP contribution in [0.2, 0.25) is 0 Å². The summed E-state index contributed by atoms with van der Waals surface area (Å²) in [6, 6.07) is 6.57. The molecular weight excluding hydrogens is 356 g/mol. The zero-order valence-electron chi connectivity index (χ0n) is 16.8. The molecule has 1 aliphatic carbocycles. The summed E-state index contributed by atoms with van der Waals surface area (Å²) in [4.78, 5) is 25.1. The highest BCUT2D eigenvalue weighted by Gasteiger charge is 2.34. The predicted molar refractivity (Wildman–Crippen MR) is 107 cm³/mol. The van der Waals surface area contributed by atoms with Crippen LogP contribution in [0.25, 0.3) is 0 Å². The summed E-state index contributed by atoms with van der Waals surface area (Å²) in [5.41, 5.74) is 1.71. The Morgan fingerprint density at radius 3 is 2.68 bits per heavy atom. The van der Waals surface area contributed by atoms with Crippen molar-refractivity contribution in [2.24, 2.45) is 5.92 Å². The smallest absolute Gasteiger partial charge is 0.338 e. The van der Waals surface area contributed by atoms with Crippen LogP contribution in [0.1, 0.15) is 64.0 Å². The second kappa shape index (κ2) is 9.62. The van der Waals surface area contributed by atoms with Gasteiger partial charge in [-0.05, 0) is 38.2 Å². The molecule has 1 saturated carbocycles. The van der Waals surface area contributed by atoms with Gasteiger partial charge in [-0.2, -0.15) is 0 Å². The maximum atomic E-state index is 13.0. The third kappa shape index (κ3) is 4.86. The summed E-state index contributed by atoms with van der Waals surface area (Å²) in [6.45, 7) is 4.77. The minimum Gasteiger partial charge on any atom is -0.493 e. The lowest BCUT2D eigenvalue weighted by Crippen LogP contribution is -2.45. The maximum Gasteiger partial charge on any atom is 0.338 e. The van der Waals surface area contributed by atoms with Crippen LogP contribution in [0.4, 0.5) is 4.79 Å². The lowest BCUT2D eigenvalue weighted by atomic mass is 9.90. The Balaban J connectivity index is 1.81. The Bertz CT molecular complexity index is 738. The standard InChI is InChI=1S/C22H30N2O4/c1-3-13-27-18-12-8-7-11-17(18)20-19(15(2)23-22(26)24-20)21(25)28-14-16-9-5-4-6-10-16/h7-8,11-12,16,20H,3-6,9-10,13-14H2,1-2H3,(H2,23,24,26)/t20-/m0/s1. The number of amides is 2.